The maximum atomic E-state index is 9.15. The van der Waals surface area contributed by atoms with Crippen LogP contribution in [0.15, 0.2) is 18.2 Å². The molecular formula is C18H27N3O2. The summed E-state index contributed by atoms with van der Waals surface area (Å²) in [7, 11) is 5.73. The quantitative estimate of drug-likeness (QED) is 0.773. The SMILES string of the molecule is COc1cccc(CN2CCC[C@@H](C#N)C2)c1OCCN(C)C. The number of hydrogen-bond donors (Lipinski definition) is 0. The van der Waals surface area contributed by atoms with Crippen molar-refractivity contribution in [1.82, 2.24) is 9.80 Å². The Labute approximate surface area is 139 Å². The second kappa shape index (κ2) is 8.76. The minimum Gasteiger partial charge on any atom is -0.493 e. The molecule has 1 aliphatic heterocycles. The molecule has 1 saturated heterocycles. The van der Waals surface area contributed by atoms with Gasteiger partial charge >= 0.3 is 0 Å². The van der Waals surface area contributed by atoms with Gasteiger partial charge in [0.1, 0.15) is 6.61 Å². The molecule has 0 amide bonds. The van der Waals surface area contributed by atoms with Crippen LogP contribution in [0.3, 0.4) is 0 Å². The zero-order chi connectivity index (χ0) is 16.7. The van der Waals surface area contributed by atoms with E-state index in [1.54, 1.807) is 7.11 Å². The first-order valence-electron chi connectivity index (χ1n) is 8.19. The molecule has 0 saturated carbocycles. The molecule has 126 valence electrons. The Balaban J connectivity index is 2.09. The fraction of sp³-hybridized carbons (Fsp3) is 0.611. The number of nitriles is 1. The van der Waals surface area contributed by atoms with Gasteiger partial charge in [0.15, 0.2) is 11.5 Å². The second-order valence-corrected chi connectivity index (χ2v) is 6.30. The van der Waals surface area contributed by atoms with Crippen LogP contribution in [0.2, 0.25) is 0 Å². The molecule has 0 unspecified atom stereocenters. The van der Waals surface area contributed by atoms with Crippen LogP contribution < -0.4 is 9.47 Å². The number of rotatable bonds is 7. The molecule has 1 aliphatic rings. The largest absolute Gasteiger partial charge is 0.493 e. The predicted octanol–water partition coefficient (Wildman–Crippen LogP) is 2.37. The van der Waals surface area contributed by atoms with Gasteiger partial charge in [-0.05, 0) is 39.5 Å². The Bertz CT molecular complexity index is 540. The number of para-hydroxylation sites is 1. The van der Waals surface area contributed by atoms with Crippen LogP contribution in [0.5, 0.6) is 11.5 Å². The van der Waals surface area contributed by atoms with Crippen LogP contribution in [0, 0.1) is 17.2 Å². The second-order valence-electron chi connectivity index (χ2n) is 6.30. The maximum Gasteiger partial charge on any atom is 0.165 e. The zero-order valence-corrected chi connectivity index (χ0v) is 14.4. The van der Waals surface area contributed by atoms with Gasteiger partial charge in [0.05, 0.1) is 19.1 Å². The van der Waals surface area contributed by atoms with Crippen LogP contribution in [0.4, 0.5) is 0 Å². The summed E-state index contributed by atoms with van der Waals surface area (Å²) in [5.41, 5.74) is 1.13. The predicted molar refractivity (Wildman–Crippen MR) is 90.7 cm³/mol. The molecule has 1 heterocycles. The number of likely N-dealkylation sites (N-methyl/N-ethyl adjacent to an activating group) is 1. The molecule has 2 rings (SSSR count). The summed E-state index contributed by atoms with van der Waals surface area (Å²) >= 11 is 0. The Morgan fingerprint density at radius 2 is 2.22 bits per heavy atom. The number of benzene rings is 1. The molecular weight excluding hydrogens is 290 g/mol. The highest BCUT2D eigenvalue weighted by atomic mass is 16.5. The molecule has 0 bridgehead atoms. The van der Waals surface area contributed by atoms with Crippen molar-refractivity contribution in [3.05, 3.63) is 23.8 Å². The van der Waals surface area contributed by atoms with Gasteiger partial charge < -0.3 is 14.4 Å². The Kier molecular flexibility index (Phi) is 6.69. The minimum atomic E-state index is 0.146. The van der Waals surface area contributed by atoms with Crippen molar-refractivity contribution in [1.29, 1.82) is 5.26 Å². The number of likely N-dealkylation sites (tertiary alicyclic amines) is 1. The summed E-state index contributed by atoms with van der Waals surface area (Å²) in [6.45, 7) is 4.16. The van der Waals surface area contributed by atoms with Crippen LogP contribution in [-0.2, 0) is 6.54 Å². The van der Waals surface area contributed by atoms with Gasteiger partial charge in [-0.3, -0.25) is 4.90 Å². The molecule has 0 spiro atoms. The molecule has 0 aromatic heterocycles. The number of ether oxygens (including phenoxy) is 2. The van der Waals surface area contributed by atoms with Crippen molar-refractivity contribution in [2.75, 3.05) is 47.4 Å². The molecule has 5 nitrogen and oxygen atoms in total. The fourth-order valence-electron chi connectivity index (χ4n) is 2.89. The lowest BCUT2D eigenvalue weighted by atomic mass is 9.99. The number of nitrogens with zero attached hydrogens (tertiary/aromatic N) is 3. The van der Waals surface area contributed by atoms with E-state index in [-0.39, 0.29) is 5.92 Å². The molecule has 23 heavy (non-hydrogen) atoms. The van der Waals surface area contributed by atoms with Crippen molar-refractivity contribution in [3.8, 4) is 17.6 Å². The van der Waals surface area contributed by atoms with E-state index in [4.69, 9.17) is 14.7 Å². The lowest BCUT2D eigenvalue weighted by Crippen LogP contribution is -2.34. The first-order chi connectivity index (χ1) is 11.1. The Hall–Kier alpha value is -1.77. The van der Waals surface area contributed by atoms with Crippen LogP contribution in [0.25, 0.3) is 0 Å². The highest BCUT2D eigenvalue weighted by molar-refractivity contribution is 5.46. The van der Waals surface area contributed by atoms with Crippen molar-refractivity contribution >= 4 is 0 Å². The van der Waals surface area contributed by atoms with Crippen LogP contribution >= 0.6 is 0 Å². The van der Waals surface area contributed by atoms with Crippen LogP contribution in [-0.4, -0.2) is 57.2 Å². The normalized spacial score (nSPS) is 18.7. The molecule has 5 heteroatoms. The molecule has 1 fully saturated rings. The molecule has 0 N–H and O–H groups in total. The number of piperidine rings is 1. The summed E-state index contributed by atoms with van der Waals surface area (Å²) in [5.74, 6) is 1.75. The minimum absolute atomic E-state index is 0.146. The van der Waals surface area contributed by atoms with E-state index in [0.29, 0.717) is 6.61 Å². The monoisotopic (exact) mass is 317 g/mol. The van der Waals surface area contributed by atoms with Gasteiger partial charge in [-0.25, -0.2) is 0 Å². The standard InChI is InChI=1S/C18H27N3O2/c1-20(2)10-11-23-18-16(7-4-8-17(18)22-3)14-21-9-5-6-15(12-19)13-21/h4,7-8,15H,5-6,9-11,13-14H2,1-3H3/t15-/m0/s1. The maximum absolute atomic E-state index is 9.15. The third kappa shape index (κ3) is 5.12. The molecule has 1 aromatic rings. The van der Waals surface area contributed by atoms with E-state index in [9.17, 15) is 0 Å². The Morgan fingerprint density at radius 1 is 1.39 bits per heavy atom. The summed E-state index contributed by atoms with van der Waals surface area (Å²) < 4.78 is 11.5. The highest BCUT2D eigenvalue weighted by Gasteiger charge is 2.21. The van der Waals surface area contributed by atoms with Gasteiger partial charge in [-0.1, -0.05) is 12.1 Å². The van der Waals surface area contributed by atoms with Gasteiger partial charge in [0.2, 0.25) is 0 Å². The van der Waals surface area contributed by atoms with E-state index < -0.39 is 0 Å². The first-order valence-corrected chi connectivity index (χ1v) is 8.19. The average molecular weight is 317 g/mol. The third-order valence-corrected chi connectivity index (χ3v) is 4.15. The fourth-order valence-corrected chi connectivity index (χ4v) is 2.89. The highest BCUT2D eigenvalue weighted by Crippen LogP contribution is 2.32. The lowest BCUT2D eigenvalue weighted by Gasteiger charge is -2.30. The number of hydrogen-bond acceptors (Lipinski definition) is 5. The topological polar surface area (TPSA) is 48.7 Å². The molecule has 0 radical (unpaired) electrons. The number of methoxy groups -OCH3 is 1. The molecule has 1 aromatic carbocycles. The summed E-state index contributed by atoms with van der Waals surface area (Å²) in [5, 5.41) is 9.15. The summed E-state index contributed by atoms with van der Waals surface area (Å²) in [4.78, 5) is 4.43. The van der Waals surface area contributed by atoms with Crippen molar-refractivity contribution in [2.24, 2.45) is 5.92 Å². The van der Waals surface area contributed by atoms with E-state index in [0.717, 1.165) is 56.1 Å². The van der Waals surface area contributed by atoms with Crippen molar-refractivity contribution in [3.63, 3.8) is 0 Å². The van der Waals surface area contributed by atoms with Gasteiger partial charge in [-0.2, -0.15) is 5.26 Å². The average Bonchev–Trinajstić information content (AvgIpc) is 2.56. The molecule has 1 atom stereocenters. The zero-order valence-electron chi connectivity index (χ0n) is 14.4. The van der Waals surface area contributed by atoms with Gasteiger partial charge in [-0.15, -0.1) is 0 Å². The van der Waals surface area contributed by atoms with Crippen molar-refractivity contribution in [2.45, 2.75) is 19.4 Å². The Morgan fingerprint density at radius 3 is 2.91 bits per heavy atom. The van der Waals surface area contributed by atoms with Crippen molar-refractivity contribution < 1.29 is 9.47 Å². The van der Waals surface area contributed by atoms with Crippen LogP contribution in [0.1, 0.15) is 18.4 Å². The summed E-state index contributed by atoms with van der Waals surface area (Å²) in [6, 6.07) is 8.42. The smallest absolute Gasteiger partial charge is 0.165 e. The first kappa shape index (κ1) is 17.6. The van der Waals surface area contributed by atoms with Gasteiger partial charge in [0, 0.05) is 25.2 Å². The summed E-state index contributed by atoms with van der Waals surface area (Å²) in [6.07, 6.45) is 2.09. The van der Waals surface area contributed by atoms with E-state index in [1.165, 1.54) is 0 Å². The molecule has 0 aliphatic carbocycles. The third-order valence-electron chi connectivity index (χ3n) is 4.15. The van der Waals surface area contributed by atoms with E-state index >= 15 is 0 Å². The van der Waals surface area contributed by atoms with Gasteiger partial charge in [0.25, 0.3) is 0 Å². The van der Waals surface area contributed by atoms with E-state index in [1.807, 2.05) is 26.2 Å². The van der Waals surface area contributed by atoms with E-state index in [2.05, 4.69) is 21.9 Å². The lowest BCUT2D eigenvalue weighted by molar-refractivity contribution is 0.186.